The molecule has 2 rings (SSSR count). The van der Waals surface area contributed by atoms with Gasteiger partial charge in [-0.3, -0.25) is 4.79 Å². The van der Waals surface area contributed by atoms with E-state index in [4.69, 9.17) is 4.74 Å². The SMILES string of the molecule is CCc1cc[n+]([C@@H](C)C(=O)c2[nH]c(C)c(C(=O)OC)c2C)cc1. The third-order valence-corrected chi connectivity index (χ3v) is 4.23. The minimum atomic E-state index is -0.428. The van der Waals surface area contributed by atoms with Crippen molar-refractivity contribution in [1.82, 2.24) is 4.98 Å². The van der Waals surface area contributed by atoms with Crippen LogP contribution in [0.5, 0.6) is 0 Å². The Morgan fingerprint density at radius 1 is 1.26 bits per heavy atom. The van der Waals surface area contributed by atoms with Crippen LogP contribution in [0.15, 0.2) is 24.5 Å². The minimum Gasteiger partial charge on any atom is -0.465 e. The van der Waals surface area contributed by atoms with Gasteiger partial charge < -0.3 is 9.72 Å². The van der Waals surface area contributed by atoms with Gasteiger partial charge in [0.25, 0.3) is 0 Å². The van der Waals surface area contributed by atoms with Crippen LogP contribution in [0.4, 0.5) is 0 Å². The van der Waals surface area contributed by atoms with Crippen molar-refractivity contribution >= 4 is 11.8 Å². The van der Waals surface area contributed by atoms with Gasteiger partial charge in [-0.2, -0.15) is 4.57 Å². The summed E-state index contributed by atoms with van der Waals surface area (Å²) in [6, 6.07) is 3.66. The van der Waals surface area contributed by atoms with E-state index in [-0.39, 0.29) is 11.8 Å². The number of nitrogens with zero attached hydrogens (tertiary/aromatic N) is 1. The van der Waals surface area contributed by atoms with Crippen molar-refractivity contribution in [2.24, 2.45) is 0 Å². The molecular weight excluding hydrogens is 292 g/mol. The number of aromatic amines is 1. The lowest BCUT2D eigenvalue weighted by Gasteiger charge is -2.07. The molecule has 0 unspecified atom stereocenters. The van der Waals surface area contributed by atoms with Crippen LogP contribution in [0.25, 0.3) is 0 Å². The Labute approximate surface area is 136 Å². The van der Waals surface area contributed by atoms with Crippen LogP contribution >= 0.6 is 0 Å². The fourth-order valence-corrected chi connectivity index (χ4v) is 2.71. The molecule has 1 N–H and O–H groups in total. The maximum absolute atomic E-state index is 12.8. The maximum Gasteiger partial charge on any atom is 0.339 e. The Balaban J connectivity index is 2.34. The Hall–Kier alpha value is -2.43. The first kappa shape index (κ1) is 16.9. The Morgan fingerprint density at radius 3 is 2.39 bits per heavy atom. The van der Waals surface area contributed by atoms with E-state index in [0.29, 0.717) is 22.5 Å². The number of hydrogen-bond donors (Lipinski definition) is 1. The maximum atomic E-state index is 12.8. The number of aromatic nitrogens is 2. The molecule has 23 heavy (non-hydrogen) atoms. The summed E-state index contributed by atoms with van der Waals surface area (Å²) in [5.41, 5.74) is 3.41. The van der Waals surface area contributed by atoms with Crippen molar-refractivity contribution in [3.05, 3.63) is 52.6 Å². The van der Waals surface area contributed by atoms with Gasteiger partial charge >= 0.3 is 5.97 Å². The summed E-state index contributed by atoms with van der Waals surface area (Å²) in [5, 5.41) is 0. The summed E-state index contributed by atoms with van der Waals surface area (Å²) in [6.07, 6.45) is 4.78. The normalized spacial score (nSPS) is 12.0. The molecule has 2 aromatic rings. The molecule has 0 aliphatic rings. The second-order valence-electron chi connectivity index (χ2n) is 5.66. The number of hydrogen-bond acceptors (Lipinski definition) is 3. The lowest BCUT2D eigenvalue weighted by atomic mass is 10.0. The van der Waals surface area contributed by atoms with Crippen LogP contribution in [0.3, 0.4) is 0 Å². The topological polar surface area (TPSA) is 63.0 Å². The van der Waals surface area contributed by atoms with E-state index in [1.165, 1.54) is 12.7 Å². The van der Waals surface area contributed by atoms with Gasteiger partial charge in [0, 0.05) is 24.8 Å². The van der Waals surface area contributed by atoms with Gasteiger partial charge in [-0.15, -0.1) is 0 Å². The number of carbonyl (C=O) groups excluding carboxylic acids is 2. The van der Waals surface area contributed by atoms with Crippen LogP contribution in [0, 0.1) is 13.8 Å². The first-order valence-corrected chi connectivity index (χ1v) is 7.72. The smallest absolute Gasteiger partial charge is 0.339 e. The first-order valence-electron chi connectivity index (χ1n) is 7.72. The van der Waals surface area contributed by atoms with Crippen molar-refractivity contribution in [3.63, 3.8) is 0 Å². The Morgan fingerprint density at radius 2 is 1.87 bits per heavy atom. The van der Waals surface area contributed by atoms with Gasteiger partial charge in [-0.05, 0) is 31.4 Å². The van der Waals surface area contributed by atoms with Gasteiger partial charge in [-0.25, -0.2) is 4.79 Å². The molecule has 2 heterocycles. The zero-order valence-corrected chi connectivity index (χ0v) is 14.3. The highest BCUT2D eigenvalue weighted by atomic mass is 16.5. The van der Waals surface area contributed by atoms with E-state index in [2.05, 4.69) is 11.9 Å². The van der Waals surface area contributed by atoms with E-state index in [0.717, 1.165) is 6.42 Å². The number of rotatable bonds is 5. The molecule has 0 bridgehead atoms. The molecule has 0 radical (unpaired) electrons. The van der Waals surface area contributed by atoms with E-state index < -0.39 is 5.97 Å². The summed E-state index contributed by atoms with van der Waals surface area (Å²) in [5.74, 6) is -0.488. The van der Waals surface area contributed by atoms with E-state index in [1.54, 1.807) is 13.8 Å². The predicted molar refractivity (Wildman–Crippen MR) is 86.7 cm³/mol. The monoisotopic (exact) mass is 315 g/mol. The lowest BCUT2D eigenvalue weighted by molar-refractivity contribution is -0.704. The van der Waals surface area contributed by atoms with Crippen LogP contribution in [0.1, 0.15) is 57.6 Å². The second-order valence-corrected chi connectivity index (χ2v) is 5.66. The number of ether oxygens (including phenoxy) is 1. The van der Waals surface area contributed by atoms with Crippen LogP contribution in [0.2, 0.25) is 0 Å². The number of esters is 1. The highest BCUT2D eigenvalue weighted by Gasteiger charge is 2.29. The third-order valence-electron chi connectivity index (χ3n) is 4.23. The highest BCUT2D eigenvalue weighted by molar-refractivity contribution is 6.02. The van der Waals surface area contributed by atoms with Crippen molar-refractivity contribution in [3.8, 4) is 0 Å². The molecule has 0 aliphatic heterocycles. The molecule has 5 nitrogen and oxygen atoms in total. The second kappa shape index (κ2) is 6.77. The standard InChI is InChI=1S/C18H22N2O3/c1-6-14-7-9-20(10-8-14)13(4)17(21)16-11(2)15(12(3)19-16)18(22)23-5/h7-10,13H,6H2,1-5H3/p+1/t13-/m0/s1. The molecule has 2 aromatic heterocycles. The summed E-state index contributed by atoms with van der Waals surface area (Å²) in [7, 11) is 1.34. The molecule has 0 spiro atoms. The fourth-order valence-electron chi connectivity index (χ4n) is 2.71. The molecule has 122 valence electrons. The molecule has 0 amide bonds. The number of carbonyl (C=O) groups is 2. The van der Waals surface area contributed by atoms with Crippen molar-refractivity contribution < 1.29 is 18.9 Å². The van der Waals surface area contributed by atoms with Crippen LogP contribution < -0.4 is 4.57 Å². The molecule has 1 atom stereocenters. The van der Waals surface area contributed by atoms with Crippen molar-refractivity contribution in [1.29, 1.82) is 0 Å². The number of H-pyrrole nitrogens is 1. The summed E-state index contributed by atoms with van der Waals surface area (Å²) in [6.45, 7) is 7.47. The number of pyridine rings is 1. The fraction of sp³-hybridized carbons (Fsp3) is 0.389. The Bertz CT molecular complexity index is 729. The highest BCUT2D eigenvalue weighted by Crippen LogP contribution is 2.21. The number of ketones is 1. The minimum absolute atomic E-state index is 0.0602. The van der Waals surface area contributed by atoms with Crippen LogP contribution in [-0.2, 0) is 11.2 Å². The van der Waals surface area contributed by atoms with Gasteiger partial charge in [0.05, 0.1) is 18.4 Å². The van der Waals surface area contributed by atoms with E-state index in [9.17, 15) is 9.59 Å². The molecule has 0 fully saturated rings. The van der Waals surface area contributed by atoms with E-state index >= 15 is 0 Å². The number of Topliss-reactive ketones (excluding diaryl/α,β-unsaturated/α-hetero) is 1. The summed E-state index contributed by atoms with van der Waals surface area (Å²) >= 11 is 0. The largest absolute Gasteiger partial charge is 0.465 e. The number of aryl methyl sites for hydroxylation is 2. The van der Waals surface area contributed by atoms with Crippen LogP contribution in [-0.4, -0.2) is 23.8 Å². The van der Waals surface area contributed by atoms with Crippen molar-refractivity contribution in [2.45, 2.75) is 40.2 Å². The zero-order valence-electron chi connectivity index (χ0n) is 14.3. The molecule has 0 saturated heterocycles. The molecule has 0 aromatic carbocycles. The van der Waals surface area contributed by atoms with Gasteiger partial charge in [-0.1, -0.05) is 6.92 Å². The number of methoxy groups -OCH3 is 1. The first-order chi connectivity index (χ1) is 10.9. The molecular formula is C18H23N2O3+. The lowest BCUT2D eigenvalue weighted by Crippen LogP contribution is -2.42. The predicted octanol–water partition coefficient (Wildman–Crippen LogP) is 2.71. The molecule has 5 heteroatoms. The zero-order chi connectivity index (χ0) is 17.1. The molecule has 0 saturated carbocycles. The number of nitrogens with one attached hydrogen (secondary N) is 1. The molecule has 0 aliphatic carbocycles. The van der Waals surface area contributed by atoms with E-state index in [1.807, 2.05) is 36.0 Å². The summed E-state index contributed by atoms with van der Waals surface area (Å²) < 4.78 is 6.66. The van der Waals surface area contributed by atoms with Gasteiger partial charge in [0.2, 0.25) is 11.8 Å². The average molecular weight is 315 g/mol. The van der Waals surface area contributed by atoms with Gasteiger partial charge in [0.15, 0.2) is 12.4 Å². The summed E-state index contributed by atoms with van der Waals surface area (Å²) in [4.78, 5) is 27.7. The van der Waals surface area contributed by atoms with Crippen molar-refractivity contribution in [2.75, 3.05) is 7.11 Å². The Kier molecular flexibility index (Phi) is 4.98. The average Bonchev–Trinajstić information content (AvgIpc) is 2.87. The van der Waals surface area contributed by atoms with Gasteiger partial charge in [0.1, 0.15) is 0 Å². The quantitative estimate of drug-likeness (QED) is 0.524. The third kappa shape index (κ3) is 3.18.